The molecule has 1 aliphatic carbocycles. The molecule has 0 amide bonds. The third-order valence-electron chi connectivity index (χ3n) is 3.18. The lowest BCUT2D eigenvalue weighted by Crippen LogP contribution is -2.32. The Kier molecular flexibility index (Phi) is 4.88. The maximum Gasteiger partial charge on any atom is 0.161 e. The van der Waals surface area contributed by atoms with Crippen molar-refractivity contribution in [1.82, 2.24) is 5.32 Å². The van der Waals surface area contributed by atoms with Gasteiger partial charge in [-0.15, -0.1) is 0 Å². The summed E-state index contributed by atoms with van der Waals surface area (Å²) in [4.78, 5) is 0. The second-order valence-electron chi connectivity index (χ2n) is 4.86. The Bertz CT molecular complexity index is 363. The van der Waals surface area contributed by atoms with E-state index in [0.29, 0.717) is 0 Å². The summed E-state index contributed by atoms with van der Waals surface area (Å²) in [6.45, 7) is 3.12. The third-order valence-corrected chi connectivity index (χ3v) is 3.18. The molecule has 1 fully saturated rings. The minimum absolute atomic E-state index is 0.229. The summed E-state index contributed by atoms with van der Waals surface area (Å²) in [5.74, 6) is 1.65. The maximum absolute atomic E-state index is 6.07. The minimum Gasteiger partial charge on any atom is -0.493 e. The van der Waals surface area contributed by atoms with E-state index in [1.165, 1.54) is 12.8 Å². The van der Waals surface area contributed by atoms with Crippen LogP contribution in [0.25, 0.3) is 0 Å². The van der Waals surface area contributed by atoms with Gasteiger partial charge in [0.1, 0.15) is 6.10 Å². The number of para-hydroxylation sites is 2. The highest BCUT2D eigenvalue weighted by Gasteiger charge is 2.22. The van der Waals surface area contributed by atoms with E-state index in [4.69, 9.17) is 9.47 Å². The Morgan fingerprint density at radius 1 is 1.28 bits per heavy atom. The van der Waals surface area contributed by atoms with E-state index in [1.807, 2.05) is 24.3 Å². The molecule has 1 saturated carbocycles. The highest BCUT2D eigenvalue weighted by molar-refractivity contribution is 5.39. The van der Waals surface area contributed by atoms with Crippen LogP contribution in [0.3, 0.4) is 0 Å². The van der Waals surface area contributed by atoms with E-state index in [2.05, 4.69) is 12.2 Å². The van der Waals surface area contributed by atoms with Crippen molar-refractivity contribution < 1.29 is 9.47 Å². The molecule has 1 aliphatic rings. The van der Waals surface area contributed by atoms with Crippen LogP contribution in [0.1, 0.15) is 32.6 Å². The molecule has 0 saturated heterocycles. The highest BCUT2D eigenvalue weighted by atomic mass is 16.5. The molecular formula is C15H23NO2. The van der Waals surface area contributed by atoms with E-state index < -0.39 is 0 Å². The minimum atomic E-state index is 0.229. The smallest absolute Gasteiger partial charge is 0.161 e. The van der Waals surface area contributed by atoms with Crippen LogP contribution in [-0.2, 0) is 0 Å². The summed E-state index contributed by atoms with van der Waals surface area (Å²) < 4.78 is 11.4. The third kappa shape index (κ3) is 3.91. The number of hydrogen-bond acceptors (Lipinski definition) is 3. The van der Waals surface area contributed by atoms with E-state index in [-0.39, 0.29) is 6.10 Å². The normalized spacial score (nSPS) is 16.3. The van der Waals surface area contributed by atoms with Crippen molar-refractivity contribution in [2.24, 2.45) is 0 Å². The van der Waals surface area contributed by atoms with Crippen molar-refractivity contribution in [2.75, 3.05) is 13.7 Å². The van der Waals surface area contributed by atoms with Gasteiger partial charge in [0, 0.05) is 12.6 Å². The van der Waals surface area contributed by atoms with Crippen molar-refractivity contribution in [2.45, 2.75) is 44.8 Å². The zero-order valence-electron chi connectivity index (χ0n) is 11.3. The Morgan fingerprint density at radius 3 is 2.61 bits per heavy atom. The summed E-state index contributed by atoms with van der Waals surface area (Å²) >= 11 is 0. The van der Waals surface area contributed by atoms with Gasteiger partial charge in [0.05, 0.1) is 7.11 Å². The van der Waals surface area contributed by atoms with Gasteiger partial charge >= 0.3 is 0 Å². The van der Waals surface area contributed by atoms with Crippen LogP contribution in [0.5, 0.6) is 11.5 Å². The van der Waals surface area contributed by atoms with Gasteiger partial charge < -0.3 is 14.8 Å². The summed E-state index contributed by atoms with van der Waals surface area (Å²) in [6, 6.07) is 8.58. The predicted molar refractivity (Wildman–Crippen MR) is 73.3 cm³/mol. The van der Waals surface area contributed by atoms with E-state index >= 15 is 0 Å². The van der Waals surface area contributed by atoms with Crippen LogP contribution in [-0.4, -0.2) is 25.8 Å². The topological polar surface area (TPSA) is 30.5 Å². The van der Waals surface area contributed by atoms with E-state index in [1.54, 1.807) is 7.11 Å². The number of rotatable bonds is 8. The summed E-state index contributed by atoms with van der Waals surface area (Å²) in [6.07, 6.45) is 5.05. The Morgan fingerprint density at radius 2 is 2.00 bits per heavy atom. The number of ether oxygens (including phenoxy) is 2. The van der Waals surface area contributed by atoms with Crippen molar-refractivity contribution in [1.29, 1.82) is 0 Å². The van der Waals surface area contributed by atoms with Crippen LogP contribution in [0.15, 0.2) is 24.3 Å². The van der Waals surface area contributed by atoms with E-state index in [0.717, 1.165) is 36.9 Å². The maximum atomic E-state index is 6.07. The quantitative estimate of drug-likeness (QED) is 0.768. The van der Waals surface area contributed by atoms with Crippen LogP contribution in [0, 0.1) is 0 Å². The van der Waals surface area contributed by atoms with Gasteiger partial charge in [0.15, 0.2) is 11.5 Å². The van der Waals surface area contributed by atoms with Crippen LogP contribution >= 0.6 is 0 Å². The average Bonchev–Trinajstić information content (AvgIpc) is 3.21. The largest absolute Gasteiger partial charge is 0.493 e. The Balaban J connectivity index is 1.92. The Hall–Kier alpha value is -1.22. The van der Waals surface area contributed by atoms with Gasteiger partial charge in [-0.05, 0) is 31.4 Å². The lowest BCUT2D eigenvalue weighted by Gasteiger charge is -2.20. The van der Waals surface area contributed by atoms with Crippen molar-refractivity contribution in [3.8, 4) is 11.5 Å². The molecule has 1 atom stereocenters. The zero-order chi connectivity index (χ0) is 12.8. The molecule has 0 aromatic heterocycles. The van der Waals surface area contributed by atoms with Crippen molar-refractivity contribution >= 4 is 0 Å². The molecule has 3 heteroatoms. The second-order valence-corrected chi connectivity index (χ2v) is 4.86. The molecule has 1 unspecified atom stereocenters. The number of methoxy groups -OCH3 is 1. The molecule has 1 aromatic rings. The first-order valence-electron chi connectivity index (χ1n) is 6.86. The van der Waals surface area contributed by atoms with E-state index in [9.17, 15) is 0 Å². The lowest BCUT2D eigenvalue weighted by molar-refractivity contribution is 0.179. The van der Waals surface area contributed by atoms with Gasteiger partial charge in [0.25, 0.3) is 0 Å². The molecule has 1 aromatic carbocycles. The molecule has 0 aliphatic heterocycles. The molecule has 0 radical (unpaired) electrons. The SMILES string of the molecule is CCCC(CNC1CC1)Oc1ccccc1OC. The second kappa shape index (κ2) is 6.64. The molecule has 2 rings (SSSR count). The van der Waals surface area contributed by atoms with Crippen molar-refractivity contribution in [3.05, 3.63) is 24.3 Å². The molecule has 3 nitrogen and oxygen atoms in total. The van der Waals surface area contributed by atoms with Crippen LogP contribution in [0.4, 0.5) is 0 Å². The van der Waals surface area contributed by atoms with Gasteiger partial charge in [0.2, 0.25) is 0 Å². The fraction of sp³-hybridized carbons (Fsp3) is 0.600. The molecule has 0 heterocycles. The van der Waals surface area contributed by atoms with Gasteiger partial charge in [-0.3, -0.25) is 0 Å². The fourth-order valence-corrected chi connectivity index (χ4v) is 2.01. The predicted octanol–water partition coefficient (Wildman–Crippen LogP) is 2.99. The first kappa shape index (κ1) is 13.2. The standard InChI is InChI=1S/C15H23NO2/c1-3-6-13(11-16-12-9-10-12)18-15-8-5-4-7-14(15)17-2/h4-5,7-8,12-13,16H,3,6,9-11H2,1-2H3. The van der Waals surface area contributed by atoms with Gasteiger partial charge in [-0.2, -0.15) is 0 Å². The average molecular weight is 249 g/mol. The number of hydrogen-bond donors (Lipinski definition) is 1. The first-order chi connectivity index (χ1) is 8.83. The fourth-order valence-electron chi connectivity index (χ4n) is 2.01. The first-order valence-corrected chi connectivity index (χ1v) is 6.86. The van der Waals surface area contributed by atoms with Gasteiger partial charge in [-0.25, -0.2) is 0 Å². The lowest BCUT2D eigenvalue weighted by atomic mass is 10.2. The highest BCUT2D eigenvalue weighted by Crippen LogP contribution is 2.27. The molecule has 1 N–H and O–H groups in total. The molecule has 0 bridgehead atoms. The number of benzene rings is 1. The summed E-state index contributed by atoms with van der Waals surface area (Å²) in [7, 11) is 1.68. The van der Waals surface area contributed by atoms with Crippen molar-refractivity contribution in [3.63, 3.8) is 0 Å². The molecule has 100 valence electrons. The van der Waals surface area contributed by atoms with Gasteiger partial charge in [-0.1, -0.05) is 25.5 Å². The van der Waals surface area contributed by atoms with Crippen LogP contribution in [0.2, 0.25) is 0 Å². The summed E-state index contributed by atoms with van der Waals surface area (Å²) in [5, 5.41) is 3.53. The number of nitrogens with one attached hydrogen (secondary N) is 1. The Labute approximate surface area is 109 Å². The zero-order valence-corrected chi connectivity index (χ0v) is 11.3. The molecular weight excluding hydrogens is 226 g/mol. The van der Waals surface area contributed by atoms with Crippen LogP contribution < -0.4 is 14.8 Å². The molecule has 0 spiro atoms. The molecule has 18 heavy (non-hydrogen) atoms. The summed E-state index contributed by atoms with van der Waals surface area (Å²) in [5.41, 5.74) is 0. The monoisotopic (exact) mass is 249 g/mol.